The van der Waals surface area contributed by atoms with Crippen LogP contribution in [0.5, 0.6) is 0 Å². The molecular formula is C19H22N2O. The molecule has 3 nitrogen and oxygen atoms in total. The summed E-state index contributed by atoms with van der Waals surface area (Å²) in [7, 11) is 0. The molecule has 0 unspecified atom stereocenters. The summed E-state index contributed by atoms with van der Waals surface area (Å²) in [6.07, 6.45) is 6.34. The fourth-order valence-electron chi connectivity index (χ4n) is 2.14. The van der Waals surface area contributed by atoms with Gasteiger partial charge in [-0.3, -0.25) is 10.4 Å². The Morgan fingerprint density at radius 1 is 1.14 bits per heavy atom. The van der Waals surface area contributed by atoms with E-state index < -0.39 is 5.41 Å². The van der Waals surface area contributed by atoms with Crippen LogP contribution in [-0.2, 0) is 10.2 Å². The van der Waals surface area contributed by atoms with Crippen LogP contribution in [0.1, 0.15) is 38.3 Å². The Hall–Kier alpha value is -2.42. The minimum Gasteiger partial charge on any atom is -0.442 e. The van der Waals surface area contributed by atoms with E-state index >= 15 is 0 Å². The second kappa shape index (κ2) is 7.03. The Balaban J connectivity index is 2.24. The maximum atomic E-state index is 8.40. The van der Waals surface area contributed by atoms with Gasteiger partial charge in [-0.25, -0.2) is 0 Å². The SMILES string of the molecule is CC/C=C(/OC(=N)C(C)(C)c1ccncc1)c1ccccc1. The smallest absolute Gasteiger partial charge is 0.197 e. The molecule has 1 N–H and O–H groups in total. The monoisotopic (exact) mass is 294 g/mol. The summed E-state index contributed by atoms with van der Waals surface area (Å²) in [4.78, 5) is 4.03. The molecule has 0 aliphatic heterocycles. The van der Waals surface area contributed by atoms with Gasteiger partial charge in [0.1, 0.15) is 5.76 Å². The van der Waals surface area contributed by atoms with Crippen molar-refractivity contribution in [3.63, 3.8) is 0 Å². The molecule has 3 heteroatoms. The van der Waals surface area contributed by atoms with Crippen LogP contribution in [0, 0.1) is 5.41 Å². The minimum atomic E-state index is -0.509. The van der Waals surface area contributed by atoms with Crippen molar-refractivity contribution in [2.75, 3.05) is 0 Å². The number of nitrogens with zero attached hydrogens (tertiary/aromatic N) is 1. The Labute approximate surface area is 132 Å². The number of allylic oxidation sites excluding steroid dienone is 1. The first kappa shape index (κ1) is 16.0. The number of hydrogen-bond donors (Lipinski definition) is 1. The van der Waals surface area contributed by atoms with E-state index in [1.54, 1.807) is 12.4 Å². The molecule has 1 heterocycles. The molecule has 0 amide bonds. The Bertz CT molecular complexity index is 646. The zero-order chi connectivity index (χ0) is 16.0. The van der Waals surface area contributed by atoms with Gasteiger partial charge in [-0.15, -0.1) is 0 Å². The molecule has 2 rings (SSSR count). The third-order valence-electron chi connectivity index (χ3n) is 3.63. The molecule has 2 aromatic rings. The van der Waals surface area contributed by atoms with Crippen LogP contribution < -0.4 is 0 Å². The van der Waals surface area contributed by atoms with E-state index in [0.29, 0.717) is 0 Å². The molecular weight excluding hydrogens is 272 g/mol. The largest absolute Gasteiger partial charge is 0.442 e. The van der Waals surface area contributed by atoms with E-state index in [-0.39, 0.29) is 5.90 Å². The van der Waals surface area contributed by atoms with Gasteiger partial charge in [0.25, 0.3) is 0 Å². The third-order valence-corrected chi connectivity index (χ3v) is 3.63. The lowest BCUT2D eigenvalue weighted by molar-refractivity contribution is 0.437. The first-order chi connectivity index (χ1) is 10.6. The molecule has 0 saturated carbocycles. The number of nitrogens with one attached hydrogen (secondary N) is 1. The average Bonchev–Trinajstić information content (AvgIpc) is 2.56. The standard InChI is InChI=1S/C19H22N2O/c1-4-8-17(15-9-6-5-7-10-15)22-18(20)19(2,3)16-11-13-21-14-12-16/h5-14,20H,4H2,1-3H3/b17-8+,20-18?. The van der Waals surface area contributed by atoms with Gasteiger partial charge in [-0.1, -0.05) is 37.3 Å². The molecule has 22 heavy (non-hydrogen) atoms. The number of benzene rings is 1. The summed E-state index contributed by atoms with van der Waals surface area (Å²) >= 11 is 0. The highest BCUT2D eigenvalue weighted by atomic mass is 16.5. The summed E-state index contributed by atoms with van der Waals surface area (Å²) in [6.45, 7) is 6.03. The summed E-state index contributed by atoms with van der Waals surface area (Å²) in [5.74, 6) is 0.956. The van der Waals surface area contributed by atoms with Crippen molar-refractivity contribution >= 4 is 11.7 Å². The average molecular weight is 294 g/mol. The van der Waals surface area contributed by atoms with Gasteiger partial charge in [0.2, 0.25) is 0 Å². The highest BCUT2D eigenvalue weighted by Gasteiger charge is 2.29. The Kier molecular flexibility index (Phi) is 5.10. The van der Waals surface area contributed by atoms with Crippen LogP contribution in [0.25, 0.3) is 5.76 Å². The lowest BCUT2D eigenvalue weighted by atomic mass is 9.85. The minimum absolute atomic E-state index is 0.224. The number of rotatable bonds is 5. The summed E-state index contributed by atoms with van der Waals surface area (Å²) in [6, 6.07) is 13.7. The van der Waals surface area contributed by atoms with E-state index in [2.05, 4.69) is 11.9 Å². The molecule has 0 atom stereocenters. The lowest BCUT2D eigenvalue weighted by Gasteiger charge is -2.26. The summed E-state index contributed by atoms with van der Waals surface area (Å²) in [5.41, 5.74) is 1.49. The van der Waals surface area contributed by atoms with Crippen molar-refractivity contribution in [1.82, 2.24) is 4.98 Å². The van der Waals surface area contributed by atoms with Crippen molar-refractivity contribution in [3.8, 4) is 0 Å². The summed E-state index contributed by atoms with van der Waals surface area (Å²) < 4.78 is 5.92. The quantitative estimate of drug-likeness (QED) is 0.489. The molecule has 0 radical (unpaired) electrons. The van der Waals surface area contributed by atoms with Crippen molar-refractivity contribution in [2.45, 2.75) is 32.6 Å². The van der Waals surface area contributed by atoms with Crippen LogP contribution in [-0.4, -0.2) is 10.9 Å². The number of ether oxygens (including phenoxy) is 1. The summed E-state index contributed by atoms with van der Waals surface area (Å²) in [5, 5.41) is 8.40. The molecule has 0 aliphatic rings. The predicted octanol–water partition coefficient (Wildman–Crippen LogP) is 4.80. The van der Waals surface area contributed by atoms with Gasteiger partial charge in [-0.05, 0) is 44.0 Å². The maximum absolute atomic E-state index is 8.40. The molecule has 1 aromatic heterocycles. The van der Waals surface area contributed by atoms with E-state index in [1.807, 2.05) is 62.4 Å². The van der Waals surface area contributed by atoms with Crippen molar-refractivity contribution in [3.05, 3.63) is 72.1 Å². The highest BCUT2D eigenvalue weighted by molar-refractivity contribution is 5.89. The zero-order valence-corrected chi connectivity index (χ0v) is 13.3. The van der Waals surface area contributed by atoms with E-state index in [9.17, 15) is 0 Å². The zero-order valence-electron chi connectivity index (χ0n) is 13.3. The van der Waals surface area contributed by atoms with Crippen LogP contribution in [0.4, 0.5) is 0 Å². The normalized spacial score (nSPS) is 12.0. The van der Waals surface area contributed by atoms with Crippen LogP contribution in [0.15, 0.2) is 60.9 Å². The van der Waals surface area contributed by atoms with Crippen molar-refractivity contribution < 1.29 is 4.74 Å². The second-order valence-corrected chi connectivity index (χ2v) is 5.63. The topological polar surface area (TPSA) is 46.0 Å². The fraction of sp³-hybridized carbons (Fsp3) is 0.263. The van der Waals surface area contributed by atoms with E-state index in [1.165, 1.54) is 0 Å². The van der Waals surface area contributed by atoms with Gasteiger partial charge < -0.3 is 4.74 Å². The molecule has 0 bridgehead atoms. The number of aromatic nitrogens is 1. The van der Waals surface area contributed by atoms with Crippen molar-refractivity contribution in [2.24, 2.45) is 0 Å². The van der Waals surface area contributed by atoms with Crippen LogP contribution in [0.2, 0.25) is 0 Å². The van der Waals surface area contributed by atoms with Gasteiger partial charge >= 0.3 is 0 Å². The highest BCUT2D eigenvalue weighted by Crippen LogP contribution is 2.27. The van der Waals surface area contributed by atoms with Crippen LogP contribution >= 0.6 is 0 Å². The molecule has 0 saturated heterocycles. The molecule has 0 fully saturated rings. The number of pyridine rings is 1. The molecule has 0 spiro atoms. The Morgan fingerprint density at radius 3 is 2.36 bits per heavy atom. The van der Waals surface area contributed by atoms with Gasteiger partial charge in [0.05, 0.1) is 5.41 Å². The maximum Gasteiger partial charge on any atom is 0.197 e. The fourth-order valence-corrected chi connectivity index (χ4v) is 2.14. The van der Waals surface area contributed by atoms with E-state index in [4.69, 9.17) is 10.1 Å². The third kappa shape index (κ3) is 3.61. The van der Waals surface area contributed by atoms with Crippen LogP contribution in [0.3, 0.4) is 0 Å². The molecule has 114 valence electrons. The second-order valence-electron chi connectivity index (χ2n) is 5.63. The first-order valence-electron chi connectivity index (χ1n) is 7.48. The van der Waals surface area contributed by atoms with Gasteiger partial charge in [0.15, 0.2) is 5.90 Å². The Morgan fingerprint density at radius 2 is 1.77 bits per heavy atom. The first-order valence-corrected chi connectivity index (χ1v) is 7.48. The lowest BCUT2D eigenvalue weighted by Crippen LogP contribution is -2.30. The molecule has 0 aliphatic carbocycles. The predicted molar refractivity (Wildman–Crippen MR) is 90.8 cm³/mol. The van der Waals surface area contributed by atoms with E-state index in [0.717, 1.165) is 23.3 Å². The molecule has 1 aromatic carbocycles. The van der Waals surface area contributed by atoms with Gasteiger partial charge in [-0.2, -0.15) is 0 Å². The van der Waals surface area contributed by atoms with Crippen molar-refractivity contribution in [1.29, 1.82) is 5.41 Å². The number of hydrogen-bond acceptors (Lipinski definition) is 3. The van der Waals surface area contributed by atoms with Gasteiger partial charge in [0, 0.05) is 18.0 Å².